The van der Waals surface area contributed by atoms with Crippen molar-refractivity contribution < 1.29 is 124 Å². The van der Waals surface area contributed by atoms with E-state index >= 15 is 14.4 Å². The number of aliphatic hydroxyl groups excluding tert-OH is 1. The Labute approximate surface area is 807 Å². The van der Waals surface area contributed by atoms with Gasteiger partial charge in [0.25, 0.3) is 0 Å². The minimum Gasteiger partial charge on any atom is -0.459 e. The standard InChI is InChI=1S/C113H112O26/c1-2-3-40-65-121-110-101(126-71-82-51-26-9-27-52-82)98(124-69-80-47-22-7-23-48-80)95(123-68-79-45-20-6-21-46-79)91(132-110)76-130-111-103(137-108(118)87-61-36-14-37-62-87)97(139-113-102(127-72-83-53-28-10-29-54-83)99(125-70-81-49-24-8-25-50-81)94(122-67-78-43-18-5-19-44-78)90(134-113)73-120-66-77-41-16-4-17-42-77)93(114)89(131-111)74-129-112-104(138-109(119)88-63-38-15-39-64-88)100(136-107(117)86-59-34-13-35-60-86)96(135-106(116)85-57-32-12-33-58-85)92(133-112)75-128-105(115)84-55-30-11-31-56-84/h2,4-39,41-64,89-104,110-114H,1,3,40,65-76H2/t89-,90-,91-,92-,93-,94-,95-,96-,97+,98+,99+,100+,101+,102+,103+,104+,110+,111+,112+,113-/m1/s1. The van der Waals surface area contributed by atoms with Gasteiger partial charge in [0.15, 0.2) is 49.6 Å². The van der Waals surface area contributed by atoms with Crippen molar-refractivity contribution in [3.05, 3.63) is 443 Å². The predicted molar refractivity (Wildman–Crippen MR) is 508 cm³/mol. The summed E-state index contributed by atoms with van der Waals surface area (Å²) in [7, 11) is 0. The zero-order valence-electron chi connectivity index (χ0n) is 76.5. The highest BCUT2D eigenvalue weighted by Crippen LogP contribution is 2.40. The van der Waals surface area contributed by atoms with Crippen LogP contribution in [0.5, 0.6) is 0 Å². The summed E-state index contributed by atoms with van der Waals surface area (Å²) >= 11 is 0. The fourth-order valence-corrected chi connectivity index (χ4v) is 16.7. The van der Waals surface area contributed by atoms with E-state index in [4.69, 9.17) is 94.7 Å². The first kappa shape index (κ1) is 99.1. The van der Waals surface area contributed by atoms with Crippen LogP contribution in [0, 0.1) is 0 Å². The van der Waals surface area contributed by atoms with Gasteiger partial charge in [-0.1, -0.05) is 309 Å². The molecule has 16 rings (SSSR count). The van der Waals surface area contributed by atoms with Crippen LogP contribution in [-0.2, 0) is 141 Å². The highest BCUT2D eigenvalue weighted by atomic mass is 16.8. The van der Waals surface area contributed by atoms with Gasteiger partial charge in [0.1, 0.15) is 79.9 Å². The van der Waals surface area contributed by atoms with Crippen LogP contribution in [-0.4, -0.2) is 191 Å². The van der Waals surface area contributed by atoms with Gasteiger partial charge in [-0.3, -0.25) is 0 Å². The van der Waals surface area contributed by atoms with Gasteiger partial charge in [-0.2, -0.15) is 0 Å². The lowest BCUT2D eigenvalue weighted by Gasteiger charge is -2.50. The fourth-order valence-electron chi connectivity index (χ4n) is 16.7. The normalized spacial score (nSPS) is 24.5. The maximum Gasteiger partial charge on any atom is 0.338 e. The number of ether oxygens (including phenoxy) is 20. The Hall–Kier alpha value is -12.9. The van der Waals surface area contributed by atoms with Gasteiger partial charge in [-0.05, 0) is 112 Å². The number of carbonyl (C=O) groups excluding carboxylic acids is 5. The van der Waals surface area contributed by atoms with Gasteiger partial charge < -0.3 is 99.8 Å². The highest BCUT2D eigenvalue weighted by molar-refractivity contribution is 5.92. The third-order valence-corrected chi connectivity index (χ3v) is 23.9. The van der Waals surface area contributed by atoms with E-state index in [0.29, 0.717) is 12.8 Å². The summed E-state index contributed by atoms with van der Waals surface area (Å²) in [4.78, 5) is 75.1. The van der Waals surface area contributed by atoms with Crippen LogP contribution in [0.1, 0.15) is 104 Å². The molecule has 20 atom stereocenters. The molecule has 720 valence electrons. The summed E-state index contributed by atoms with van der Waals surface area (Å²) < 4.78 is 140. The van der Waals surface area contributed by atoms with Crippen LogP contribution in [0.3, 0.4) is 0 Å². The Morgan fingerprint density at radius 3 is 0.885 bits per heavy atom. The summed E-state index contributed by atoms with van der Waals surface area (Å²) in [6.45, 7) is 2.16. The maximum absolute atomic E-state index is 15.7. The van der Waals surface area contributed by atoms with Crippen LogP contribution >= 0.6 is 0 Å². The highest BCUT2D eigenvalue weighted by Gasteiger charge is 2.59. The molecular weight excluding hydrogens is 1770 g/mol. The van der Waals surface area contributed by atoms with E-state index in [1.54, 1.807) is 109 Å². The molecule has 4 fully saturated rings. The quantitative estimate of drug-likeness (QED) is 0.0160. The molecule has 0 saturated carbocycles. The third-order valence-electron chi connectivity index (χ3n) is 23.9. The molecule has 139 heavy (non-hydrogen) atoms. The van der Waals surface area contributed by atoms with E-state index in [1.165, 1.54) is 48.5 Å². The lowest BCUT2D eigenvalue weighted by Crippen LogP contribution is -2.67. The minimum absolute atomic E-state index is 0.000535. The van der Waals surface area contributed by atoms with Crippen LogP contribution in [0.2, 0.25) is 0 Å². The van der Waals surface area contributed by atoms with Crippen molar-refractivity contribution in [1.82, 2.24) is 0 Å². The summed E-state index contributed by atoms with van der Waals surface area (Å²) in [5.41, 5.74) is 5.94. The lowest BCUT2D eigenvalue weighted by atomic mass is 9.95. The molecule has 1 N–H and O–H groups in total. The zero-order valence-corrected chi connectivity index (χ0v) is 76.5. The molecule has 0 amide bonds. The van der Waals surface area contributed by atoms with E-state index in [-0.39, 0.29) is 87.3 Å². The van der Waals surface area contributed by atoms with E-state index in [2.05, 4.69) is 6.58 Å². The number of aliphatic hydroxyl groups is 1. The molecule has 26 nitrogen and oxygen atoms in total. The first-order valence-corrected chi connectivity index (χ1v) is 46.6. The molecule has 4 saturated heterocycles. The zero-order chi connectivity index (χ0) is 95.5. The SMILES string of the molecule is C=CCCCO[C@H]1O[C@H](CO[C@H]2O[C@H](CO[C@H]3O[C@H](COC(=O)c4ccccc4)[C@@H](OC(=O)c4ccccc4)[C@H](OC(=O)c4ccccc4)[C@@H]3OC(=O)c3ccccc3)[C@@H](O)[C@H](O[C@H]3O[C@H](COCc4ccccc4)[C@@H](OCc4ccccc4)[C@H](OCc4ccccc4)[C@@H]3OCc3ccccc3)[C@@H]2OC(=O)c2ccccc2)[C@@H](OCc2ccccc2)[C@H](OCc2ccccc2)[C@@H]1OCc1ccccc1. The van der Waals surface area contributed by atoms with Crippen molar-refractivity contribution in [3.8, 4) is 0 Å². The molecule has 0 aliphatic carbocycles. The van der Waals surface area contributed by atoms with Gasteiger partial charge in [0.05, 0.1) is 100 Å². The Morgan fingerprint density at radius 1 is 0.252 bits per heavy atom. The molecule has 0 bridgehead atoms. The number of allylic oxidation sites excluding steroid dienone is 1. The van der Waals surface area contributed by atoms with Gasteiger partial charge >= 0.3 is 29.8 Å². The second-order valence-electron chi connectivity index (χ2n) is 33.7. The summed E-state index contributed by atoms with van der Waals surface area (Å²) in [5.74, 6) is -4.69. The molecule has 4 heterocycles. The van der Waals surface area contributed by atoms with Crippen molar-refractivity contribution in [3.63, 3.8) is 0 Å². The van der Waals surface area contributed by atoms with Gasteiger partial charge in [0.2, 0.25) is 0 Å². The summed E-state index contributed by atoms with van der Waals surface area (Å²) in [5, 5.41) is 14.3. The van der Waals surface area contributed by atoms with Crippen molar-refractivity contribution in [2.24, 2.45) is 0 Å². The molecule has 0 aromatic heterocycles. The molecule has 4 aliphatic rings. The average Bonchev–Trinajstić information content (AvgIpc) is 0.763. The van der Waals surface area contributed by atoms with Crippen molar-refractivity contribution >= 4 is 29.8 Å². The van der Waals surface area contributed by atoms with Crippen LogP contribution in [0.15, 0.2) is 377 Å². The number of rotatable bonds is 46. The minimum atomic E-state index is -2.07. The van der Waals surface area contributed by atoms with Gasteiger partial charge in [-0.15, -0.1) is 6.58 Å². The number of benzene rings is 12. The summed E-state index contributed by atoms with van der Waals surface area (Å²) in [6.07, 6.45) is -27.9. The van der Waals surface area contributed by atoms with Gasteiger partial charge in [-0.25, -0.2) is 24.0 Å². The lowest BCUT2D eigenvalue weighted by molar-refractivity contribution is -0.378. The molecule has 4 aliphatic heterocycles. The average molecular weight is 1890 g/mol. The number of carbonyl (C=O) groups is 5. The van der Waals surface area contributed by atoms with E-state index < -0.39 is 172 Å². The van der Waals surface area contributed by atoms with Crippen LogP contribution < -0.4 is 0 Å². The van der Waals surface area contributed by atoms with Crippen molar-refractivity contribution in [1.29, 1.82) is 0 Å². The molecule has 26 heteroatoms. The fraction of sp³-hybridized carbons (Fsp3) is 0.301. The summed E-state index contributed by atoms with van der Waals surface area (Å²) in [6, 6.07) is 107. The number of unbranched alkanes of at least 4 members (excludes halogenated alkanes) is 1. The molecular formula is C113H112O26. The number of hydrogen-bond acceptors (Lipinski definition) is 26. The van der Waals surface area contributed by atoms with Crippen LogP contribution in [0.25, 0.3) is 0 Å². The maximum atomic E-state index is 15.7. The topological polar surface area (TPSA) is 290 Å². The van der Waals surface area contributed by atoms with Crippen molar-refractivity contribution in [2.45, 2.75) is 182 Å². The molecule has 12 aromatic carbocycles. The van der Waals surface area contributed by atoms with Gasteiger partial charge in [0, 0.05) is 0 Å². The number of esters is 5. The largest absolute Gasteiger partial charge is 0.459 e. The molecule has 0 radical (unpaired) electrons. The smallest absolute Gasteiger partial charge is 0.338 e. The second-order valence-corrected chi connectivity index (χ2v) is 33.7. The van der Waals surface area contributed by atoms with Crippen molar-refractivity contribution in [2.75, 3.05) is 33.0 Å². The van der Waals surface area contributed by atoms with E-state index in [9.17, 15) is 14.7 Å². The Bertz CT molecular complexity index is 5690. The third kappa shape index (κ3) is 28.0. The number of hydrogen-bond donors (Lipinski definition) is 1. The first-order chi connectivity index (χ1) is 68.4. The van der Waals surface area contributed by atoms with E-state index in [1.807, 2.05) is 212 Å². The molecule has 12 aromatic rings. The second kappa shape index (κ2) is 51.7. The molecule has 0 spiro atoms. The Morgan fingerprint density at radius 2 is 0.518 bits per heavy atom. The Kier molecular flexibility index (Phi) is 36.8. The monoisotopic (exact) mass is 1880 g/mol. The predicted octanol–water partition coefficient (Wildman–Crippen LogP) is 17.1. The Balaban J connectivity index is 0.842. The van der Waals surface area contributed by atoms with Crippen LogP contribution in [0.4, 0.5) is 0 Å². The molecule has 0 unspecified atom stereocenters. The van der Waals surface area contributed by atoms with E-state index in [0.717, 1.165) is 38.9 Å². The first-order valence-electron chi connectivity index (χ1n) is 46.6.